The molecule has 0 saturated carbocycles. The zero-order valence-electron chi connectivity index (χ0n) is 14.2. The Morgan fingerprint density at radius 1 is 0.750 bits per heavy atom. The predicted octanol–water partition coefficient (Wildman–Crippen LogP) is 1.76. The maximum atomic E-state index is 5.63. The van der Waals surface area contributed by atoms with E-state index in [4.69, 9.17) is 5.73 Å². The van der Waals surface area contributed by atoms with E-state index in [1.54, 1.807) is 0 Å². The molecule has 0 aromatic heterocycles. The van der Waals surface area contributed by atoms with Crippen LogP contribution in [0.5, 0.6) is 0 Å². The predicted molar refractivity (Wildman–Crippen MR) is 90.3 cm³/mol. The highest BCUT2D eigenvalue weighted by molar-refractivity contribution is 4.64. The first kappa shape index (κ1) is 19.8. The summed E-state index contributed by atoms with van der Waals surface area (Å²) < 4.78 is 0. The molecule has 122 valence electrons. The number of unbranched alkanes of at least 4 members (excludes halogenated alkanes) is 1. The summed E-state index contributed by atoms with van der Waals surface area (Å²) in [6.45, 7) is 13.7. The van der Waals surface area contributed by atoms with E-state index in [1.165, 1.54) is 58.4 Å². The maximum absolute atomic E-state index is 5.63. The molecule has 0 aromatic rings. The normalized spacial score (nSPS) is 11.7. The molecule has 0 aromatic carbocycles. The zero-order valence-corrected chi connectivity index (χ0v) is 14.2. The minimum absolute atomic E-state index is 0.807. The largest absolute Gasteiger partial charge is 0.330 e. The van der Waals surface area contributed by atoms with Crippen LogP contribution in [0.1, 0.15) is 46.0 Å². The van der Waals surface area contributed by atoms with Gasteiger partial charge < -0.3 is 20.9 Å². The van der Waals surface area contributed by atoms with Gasteiger partial charge in [-0.25, -0.2) is 0 Å². The summed E-state index contributed by atoms with van der Waals surface area (Å²) in [5.74, 6) is 0. The molecule has 0 fully saturated rings. The average Bonchev–Trinajstić information content (AvgIpc) is 2.46. The Balaban J connectivity index is 4.02. The Kier molecular flexibility index (Phi) is 15.1. The number of rotatable bonds is 15. The van der Waals surface area contributed by atoms with Gasteiger partial charge in [0.05, 0.1) is 0 Å². The van der Waals surface area contributed by atoms with Gasteiger partial charge in [0.25, 0.3) is 0 Å². The van der Waals surface area contributed by atoms with Crippen LogP contribution < -0.4 is 11.1 Å². The third kappa shape index (κ3) is 11.6. The fourth-order valence-corrected chi connectivity index (χ4v) is 2.45. The monoisotopic (exact) mass is 286 g/mol. The third-order valence-corrected chi connectivity index (χ3v) is 3.68. The molecule has 20 heavy (non-hydrogen) atoms. The summed E-state index contributed by atoms with van der Waals surface area (Å²) in [6.07, 6.45) is 6.20. The molecule has 3 N–H and O–H groups in total. The first-order valence-electron chi connectivity index (χ1n) is 8.57. The second kappa shape index (κ2) is 15.2. The SMILES string of the molecule is CCCCN(CCCNC)CCN(CCC)CCCN. The van der Waals surface area contributed by atoms with E-state index < -0.39 is 0 Å². The van der Waals surface area contributed by atoms with Crippen molar-refractivity contribution in [2.45, 2.75) is 46.0 Å². The minimum Gasteiger partial charge on any atom is -0.330 e. The molecule has 0 radical (unpaired) electrons. The average molecular weight is 287 g/mol. The Morgan fingerprint density at radius 2 is 1.35 bits per heavy atom. The van der Waals surface area contributed by atoms with Gasteiger partial charge in [-0.05, 0) is 72.0 Å². The van der Waals surface area contributed by atoms with Gasteiger partial charge in [-0.2, -0.15) is 0 Å². The van der Waals surface area contributed by atoms with Gasteiger partial charge in [-0.1, -0.05) is 20.3 Å². The van der Waals surface area contributed by atoms with Gasteiger partial charge in [0, 0.05) is 13.1 Å². The summed E-state index contributed by atoms with van der Waals surface area (Å²) in [5, 5.41) is 3.24. The Hall–Kier alpha value is -0.160. The molecule has 0 aliphatic rings. The van der Waals surface area contributed by atoms with E-state index in [-0.39, 0.29) is 0 Å². The molecule has 0 saturated heterocycles. The van der Waals surface area contributed by atoms with Crippen molar-refractivity contribution in [3.63, 3.8) is 0 Å². The van der Waals surface area contributed by atoms with Gasteiger partial charge in [0.15, 0.2) is 0 Å². The summed E-state index contributed by atoms with van der Waals surface area (Å²) >= 11 is 0. The second-order valence-corrected chi connectivity index (χ2v) is 5.64. The highest BCUT2D eigenvalue weighted by Crippen LogP contribution is 2.00. The zero-order chi connectivity index (χ0) is 15.1. The molecule has 0 rings (SSSR count). The summed E-state index contributed by atoms with van der Waals surface area (Å²) in [4.78, 5) is 5.20. The Labute approximate surface area is 127 Å². The van der Waals surface area contributed by atoms with Crippen LogP contribution >= 0.6 is 0 Å². The standard InChI is InChI=1S/C16H38N4/c1-4-6-12-20(14-8-10-18-3)16-15-19(11-5-2)13-7-9-17/h18H,4-17H2,1-3H3. The molecule has 0 aliphatic carbocycles. The number of nitrogens with one attached hydrogen (secondary N) is 1. The summed E-state index contributed by atoms with van der Waals surface area (Å²) in [6, 6.07) is 0. The molecule has 4 nitrogen and oxygen atoms in total. The van der Waals surface area contributed by atoms with Crippen LogP contribution in [0.4, 0.5) is 0 Å². The van der Waals surface area contributed by atoms with E-state index in [1.807, 2.05) is 7.05 Å². The van der Waals surface area contributed by atoms with Crippen molar-refractivity contribution in [3.05, 3.63) is 0 Å². The smallest absolute Gasteiger partial charge is 0.0109 e. The number of hydrogen-bond acceptors (Lipinski definition) is 4. The number of nitrogens with two attached hydrogens (primary N) is 1. The van der Waals surface area contributed by atoms with Gasteiger partial charge in [0.1, 0.15) is 0 Å². The van der Waals surface area contributed by atoms with Crippen molar-refractivity contribution in [3.8, 4) is 0 Å². The lowest BCUT2D eigenvalue weighted by Gasteiger charge is -2.27. The topological polar surface area (TPSA) is 44.5 Å². The van der Waals surface area contributed by atoms with Crippen LogP contribution in [0, 0.1) is 0 Å². The first-order valence-corrected chi connectivity index (χ1v) is 8.57. The highest BCUT2D eigenvalue weighted by atomic mass is 15.2. The summed E-state index contributed by atoms with van der Waals surface area (Å²) in [7, 11) is 2.03. The molecule has 0 spiro atoms. The van der Waals surface area contributed by atoms with Gasteiger partial charge in [-0.15, -0.1) is 0 Å². The van der Waals surface area contributed by atoms with Gasteiger partial charge >= 0.3 is 0 Å². The molecular formula is C16H38N4. The van der Waals surface area contributed by atoms with E-state index in [2.05, 4.69) is 29.0 Å². The molecule has 0 unspecified atom stereocenters. The molecule has 0 bridgehead atoms. The van der Waals surface area contributed by atoms with Crippen LogP contribution in [-0.4, -0.2) is 69.2 Å². The molecule has 0 aliphatic heterocycles. The van der Waals surface area contributed by atoms with E-state index in [9.17, 15) is 0 Å². The van der Waals surface area contributed by atoms with Crippen molar-refractivity contribution < 1.29 is 0 Å². The van der Waals surface area contributed by atoms with E-state index in [0.29, 0.717) is 0 Å². The number of nitrogens with zero attached hydrogens (tertiary/aromatic N) is 2. The molecule has 0 amide bonds. The number of hydrogen-bond donors (Lipinski definition) is 2. The summed E-state index contributed by atoms with van der Waals surface area (Å²) in [5.41, 5.74) is 5.63. The van der Waals surface area contributed by atoms with E-state index in [0.717, 1.165) is 26.1 Å². The lowest BCUT2D eigenvalue weighted by molar-refractivity contribution is 0.199. The Morgan fingerprint density at radius 3 is 1.90 bits per heavy atom. The van der Waals surface area contributed by atoms with E-state index >= 15 is 0 Å². The minimum atomic E-state index is 0.807. The van der Waals surface area contributed by atoms with Crippen molar-refractivity contribution >= 4 is 0 Å². The molecule has 0 heterocycles. The van der Waals surface area contributed by atoms with Crippen LogP contribution in [0.3, 0.4) is 0 Å². The fraction of sp³-hybridized carbons (Fsp3) is 1.00. The highest BCUT2D eigenvalue weighted by Gasteiger charge is 2.08. The van der Waals surface area contributed by atoms with Crippen LogP contribution in [0.25, 0.3) is 0 Å². The first-order chi connectivity index (χ1) is 9.78. The van der Waals surface area contributed by atoms with Crippen LogP contribution in [-0.2, 0) is 0 Å². The third-order valence-electron chi connectivity index (χ3n) is 3.68. The van der Waals surface area contributed by atoms with Gasteiger partial charge in [0.2, 0.25) is 0 Å². The van der Waals surface area contributed by atoms with Crippen molar-refractivity contribution in [1.29, 1.82) is 0 Å². The molecular weight excluding hydrogens is 248 g/mol. The van der Waals surface area contributed by atoms with Gasteiger partial charge in [-0.3, -0.25) is 0 Å². The van der Waals surface area contributed by atoms with Crippen molar-refractivity contribution in [2.24, 2.45) is 5.73 Å². The van der Waals surface area contributed by atoms with Crippen molar-refractivity contribution in [2.75, 3.05) is 59.4 Å². The van der Waals surface area contributed by atoms with Crippen LogP contribution in [0.2, 0.25) is 0 Å². The quantitative estimate of drug-likeness (QED) is 0.450. The van der Waals surface area contributed by atoms with Crippen molar-refractivity contribution in [1.82, 2.24) is 15.1 Å². The fourth-order valence-electron chi connectivity index (χ4n) is 2.45. The lowest BCUT2D eigenvalue weighted by atomic mass is 10.2. The molecule has 0 atom stereocenters. The Bertz CT molecular complexity index is 187. The second-order valence-electron chi connectivity index (χ2n) is 5.64. The lowest BCUT2D eigenvalue weighted by Crippen LogP contribution is -2.38. The maximum Gasteiger partial charge on any atom is 0.0109 e. The van der Waals surface area contributed by atoms with Crippen LogP contribution in [0.15, 0.2) is 0 Å². The molecule has 4 heteroatoms.